The highest BCUT2D eigenvalue weighted by Crippen LogP contribution is 2.44. The summed E-state index contributed by atoms with van der Waals surface area (Å²) in [4.78, 5) is 52.8. The fourth-order valence-electron chi connectivity index (χ4n) is 6.66. The van der Waals surface area contributed by atoms with E-state index in [0.29, 0.717) is 25.0 Å². The molecule has 348 valence electrons. The number of carbonyl (C=O) groups excluding carboxylic acids is 2. The van der Waals surface area contributed by atoms with E-state index in [0.717, 1.165) is 70.1 Å². The van der Waals surface area contributed by atoms with Gasteiger partial charge in [-0.1, -0.05) is 155 Å². The lowest BCUT2D eigenvalue weighted by Gasteiger charge is -2.20. The van der Waals surface area contributed by atoms with Crippen LogP contribution in [0.25, 0.3) is 0 Å². The molecule has 1 aliphatic rings. The van der Waals surface area contributed by atoms with Crippen molar-refractivity contribution in [3.05, 3.63) is 12.2 Å². The zero-order valence-corrected chi connectivity index (χ0v) is 38.5. The van der Waals surface area contributed by atoms with Crippen molar-refractivity contribution < 1.29 is 66.3 Å². The summed E-state index contributed by atoms with van der Waals surface area (Å²) in [7, 11) is -9.67. The largest absolute Gasteiger partial charge is 0.472 e. The Kier molecular flexibility index (Phi) is 33.4. The highest BCUT2D eigenvalue weighted by Gasteiger charge is 2.36. The molecule has 0 aromatic rings. The van der Waals surface area contributed by atoms with Crippen molar-refractivity contribution in [2.45, 2.75) is 219 Å². The topological polar surface area (TPSA) is 208 Å². The normalized spacial score (nSPS) is 17.6. The first-order valence-electron chi connectivity index (χ1n) is 22.9. The van der Waals surface area contributed by atoms with Crippen molar-refractivity contribution in [1.29, 1.82) is 0 Å². The summed E-state index contributed by atoms with van der Waals surface area (Å²) < 4.78 is 53.6. The molecule has 1 aliphatic heterocycles. The van der Waals surface area contributed by atoms with Crippen molar-refractivity contribution in [2.75, 3.05) is 26.4 Å². The predicted molar refractivity (Wildman–Crippen MR) is 230 cm³/mol. The summed E-state index contributed by atoms with van der Waals surface area (Å²) in [6.45, 7) is 4.05. The second kappa shape index (κ2) is 35.3. The molecular weight excluding hydrogens is 802 g/mol. The Morgan fingerprint density at radius 2 is 1.15 bits per heavy atom. The molecule has 3 unspecified atom stereocenters. The number of phosphoric acid groups is 2. The van der Waals surface area contributed by atoms with E-state index in [1.54, 1.807) is 0 Å². The lowest BCUT2D eigenvalue weighted by molar-refractivity contribution is -0.161. The summed E-state index contributed by atoms with van der Waals surface area (Å²) in [5.41, 5.74) is 0. The minimum absolute atomic E-state index is 0.129. The molecule has 0 saturated carbocycles. The molecule has 1 saturated heterocycles. The summed E-state index contributed by atoms with van der Waals surface area (Å²) in [5.74, 6) is -0.246. The Morgan fingerprint density at radius 3 is 1.73 bits per heavy atom. The summed E-state index contributed by atoms with van der Waals surface area (Å²) >= 11 is 0. The van der Waals surface area contributed by atoms with Gasteiger partial charge in [0.05, 0.1) is 32.0 Å². The molecule has 4 N–H and O–H groups in total. The van der Waals surface area contributed by atoms with E-state index in [1.165, 1.54) is 83.5 Å². The van der Waals surface area contributed by atoms with Gasteiger partial charge in [-0.2, -0.15) is 0 Å². The van der Waals surface area contributed by atoms with E-state index in [-0.39, 0.29) is 12.8 Å². The maximum atomic E-state index is 12.7. The number of epoxide rings is 1. The Hall–Kier alpha value is -1.18. The van der Waals surface area contributed by atoms with Gasteiger partial charge in [-0.15, -0.1) is 0 Å². The van der Waals surface area contributed by atoms with E-state index in [1.807, 2.05) is 0 Å². The lowest BCUT2D eigenvalue weighted by atomic mass is 10.0. The monoisotopic (exact) mass is 885 g/mol. The van der Waals surface area contributed by atoms with Crippen molar-refractivity contribution in [2.24, 2.45) is 5.92 Å². The molecule has 0 aromatic carbocycles. The molecule has 16 heteroatoms. The molecule has 59 heavy (non-hydrogen) atoms. The van der Waals surface area contributed by atoms with E-state index in [4.69, 9.17) is 33.0 Å². The number of unbranched alkanes of at least 4 members (excludes halogenated alkanes) is 19. The third kappa shape index (κ3) is 37.1. The molecule has 14 nitrogen and oxygen atoms in total. The van der Waals surface area contributed by atoms with E-state index in [9.17, 15) is 28.7 Å². The van der Waals surface area contributed by atoms with Crippen LogP contribution in [-0.2, 0) is 46.5 Å². The van der Waals surface area contributed by atoms with Crippen molar-refractivity contribution >= 4 is 27.6 Å². The maximum Gasteiger partial charge on any atom is 0.472 e. The standard InChI is InChI=1S/C43H82O14P2/c1-4-5-6-7-19-24-29-40-41(57-40)30-25-20-17-22-26-31-42(45)52-35-39(36-55-59(50,51)54-34-38(44)33-53-58(47,48)49)56-43(46)32-27-21-16-14-12-10-8-9-11-13-15-18-23-28-37(2)3/h19,24,37-41,44H,4-18,20-23,25-36H2,1-3H3,(H,50,51)(H2,47,48,49)/b24-19-/t38-,39+,40?,41?/m0/s1. The van der Waals surface area contributed by atoms with Crippen LogP contribution in [0.2, 0.25) is 0 Å². The van der Waals surface area contributed by atoms with Crippen LogP contribution >= 0.6 is 15.6 Å². The number of ether oxygens (including phenoxy) is 3. The molecule has 5 atom stereocenters. The quantitative estimate of drug-likeness (QED) is 0.0148. The number of phosphoric ester groups is 2. The molecule has 0 bridgehead atoms. The number of hydrogen-bond acceptors (Lipinski definition) is 11. The number of allylic oxidation sites excluding steroid dienone is 1. The molecule has 1 fully saturated rings. The minimum Gasteiger partial charge on any atom is -0.462 e. The molecule has 0 aliphatic carbocycles. The van der Waals surface area contributed by atoms with Crippen LogP contribution < -0.4 is 0 Å². The smallest absolute Gasteiger partial charge is 0.462 e. The number of rotatable bonds is 42. The second-order valence-corrected chi connectivity index (χ2v) is 19.2. The zero-order chi connectivity index (χ0) is 43.6. The number of carbonyl (C=O) groups is 2. The number of esters is 2. The fraction of sp³-hybridized carbons (Fsp3) is 0.907. The zero-order valence-electron chi connectivity index (χ0n) is 36.7. The van der Waals surface area contributed by atoms with Gasteiger partial charge >= 0.3 is 27.6 Å². The highest BCUT2D eigenvalue weighted by atomic mass is 31.2. The molecule has 0 amide bonds. The van der Waals surface area contributed by atoms with Gasteiger partial charge in [0.1, 0.15) is 12.7 Å². The molecule has 0 spiro atoms. The van der Waals surface area contributed by atoms with Crippen LogP contribution in [0.1, 0.15) is 194 Å². The lowest BCUT2D eigenvalue weighted by Crippen LogP contribution is -2.30. The third-order valence-corrected chi connectivity index (χ3v) is 11.7. The second-order valence-electron chi connectivity index (χ2n) is 16.5. The van der Waals surface area contributed by atoms with Gasteiger partial charge in [0, 0.05) is 12.8 Å². The third-order valence-electron chi connectivity index (χ3n) is 10.2. The van der Waals surface area contributed by atoms with Gasteiger partial charge in [0.15, 0.2) is 6.10 Å². The Balaban J connectivity index is 2.34. The van der Waals surface area contributed by atoms with Crippen LogP contribution in [0.5, 0.6) is 0 Å². The Bertz CT molecular complexity index is 1180. The van der Waals surface area contributed by atoms with Gasteiger partial charge in [-0.25, -0.2) is 9.13 Å². The average Bonchev–Trinajstić information content (AvgIpc) is 3.94. The van der Waals surface area contributed by atoms with Crippen LogP contribution in [0.3, 0.4) is 0 Å². The molecule has 0 aromatic heterocycles. The van der Waals surface area contributed by atoms with Crippen LogP contribution in [0.15, 0.2) is 12.2 Å². The van der Waals surface area contributed by atoms with Crippen molar-refractivity contribution in [3.8, 4) is 0 Å². The number of hydrogen-bond donors (Lipinski definition) is 4. The first-order valence-corrected chi connectivity index (χ1v) is 25.9. The first kappa shape index (κ1) is 55.8. The van der Waals surface area contributed by atoms with Gasteiger partial charge in [0.2, 0.25) is 0 Å². The van der Waals surface area contributed by atoms with Crippen LogP contribution in [0, 0.1) is 5.92 Å². The molecular formula is C43H82O14P2. The van der Waals surface area contributed by atoms with Gasteiger partial charge in [0.25, 0.3) is 0 Å². The van der Waals surface area contributed by atoms with Crippen molar-refractivity contribution in [1.82, 2.24) is 0 Å². The predicted octanol–water partition coefficient (Wildman–Crippen LogP) is 10.6. The number of aliphatic hydroxyl groups excluding tert-OH is 1. The first-order chi connectivity index (χ1) is 28.2. The SMILES string of the molecule is CCCCC/C=C\CC1OC1CCCCCCCC(=O)OC[C@H](COP(=O)(O)OC[C@@H](O)COP(=O)(O)O)OC(=O)CCCCCCCCCCCCCCCC(C)C. The summed E-state index contributed by atoms with van der Waals surface area (Å²) in [6, 6.07) is 0. The summed E-state index contributed by atoms with van der Waals surface area (Å²) in [5, 5.41) is 9.76. The Morgan fingerprint density at radius 1 is 0.627 bits per heavy atom. The van der Waals surface area contributed by atoms with E-state index < -0.39 is 66.2 Å². The van der Waals surface area contributed by atoms with Crippen LogP contribution in [-0.4, -0.2) is 82.6 Å². The van der Waals surface area contributed by atoms with E-state index in [2.05, 4.69) is 37.4 Å². The highest BCUT2D eigenvalue weighted by molar-refractivity contribution is 7.47. The van der Waals surface area contributed by atoms with Crippen LogP contribution in [0.4, 0.5) is 0 Å². The van der Waals surface area contributed by atoms with Gasteiger partial charge in [-0.05, 0) is 44.4 Å². The molecule has 0 radical (unpaired) electrons. The molecule has 1 rings (SSSR count). The average molecular weight is 885 g/mol. The van der Waals surface area contributed by atoms with Gasteiger partial charge < -0.3 is 34.0 Å². The fourth-order valence-corrected chi connectivity index (χ4v) is 7.81. The minimum atomic E-state index is -4.86. The summed E-state index contributed by atoms with van der Waals surface area (Å²) in [6.07, 6.45) is 30.8. The molecule has 1 heterocycles. The van der Waals surface area contributed by atoms with Gasteiger partial charge in [-0.3, -0.25) is 23.2 Å². The maximum absolute atomic E-state index is 12.7. The van der Waals surface area contributed by atoms with Crippen molar-refractivity contribution in [3.63, 3.8) is 0 Å². The van der Waals surface area contributed by atoms with E-state index >= 15 is 0 Å². The Labute approximate surface area is 356 Å². The number of aliphatic hydroxyl groups is 1.